The molecule has 1 aliphatic heterocycles. The molecule has 202 valence electrons. The summed E-state index contributed by atoms with van der Waals surface area (Å²) in [5.74, 6) is 1.26. The molecule has 0 aliphatic carbocycles. The fraction of sp³-hybridized carbons (Fsp3) is 0.500. The Hall–Kier alpha value is -3.30. The minimum atomic E-state index is -0.211. The Morgan fingerprint density at radius 3 is 2.30 bits per heavy atom. The van der Waals surface area contributed by atoms with Gasteiger partial charge in [-0.25, -0.2) is 0 Å². The molecule has 0 saturated carbocycles. The molecule has 0 saturated heterocycles. The molecular weight excluding hydrogens is 474 g/mol. The molecule has 2 N–H and O–H groups in total. The third-order valence-corrected chi connectivity index (χ3v) is 6.43. The monoisotopic (exact) mass is 513 g/mol. The first-order valence-corrected chi connectivity index (χ1v) is 12.7. The maximum Gasteiger partial charge on any atom is 0.252 e. The average Bonchev–Trinajstić information content (AvgIpc) is 2.91. The number of rotatable bonds is 8. The molecule has 2 aromatic carbocycles. The second-order valence-electron chi connectivity index (χ2n) is 8.98. The zero-order chi connectivity index (χ0) is 26.6. The summed E-state index contributed by atoms with van der Waals surface area (Å²) in [6.07, 6.45) is 5.44. The highest BCUT2D eigenvalue weighted by Gasteiger charge is 2.21. The van der Waals surface area contributed by atoms with Crippen LogP contribution < -0.4 is 29.7 Å². The standard InChI is InChI=1S/C28H39N3O6/c1-34-19-26(32)31-13-9-7-5-6-8-12-29-18-22-16-21(10-11-23(22)31)28(33)30-17-20-14-24(35-2)27(37-4)25(15-20)36-3/h10-11,14-16,29H,5-9,12-13,17-19H2,1-4H3,(H,30,33). The van der Waals surface area contributed by atoms with Gasteiger partial charge in [0.1, 0.15) is 6.61 Å². The lowest BCUT2D eigenvalue weighted by Gasteiger charge is -2.26. The molecule has 0 bridgehead atoms. The van der Waals surface area contributed by atoms with Gasteiger partial charge in [-0.05, 0) is 60.8 Å². The van der Waals surface area contributed by atoms with Crippen molar-refractivity contribution in [2.75, 3.05) is 53.0 Å². The van der Waals surface area contributed by atoms with E-state index in [-0.39, 0.29) is 25.0 Å². The number of carbonyl (C=O) groups excluding carboxylic acids is 2. The Morgan fingerprint density at radius 2 is 1.62 bits per heavy atom. The Kier molecular flexibility index (Phi) is 11.0. The van der Waals surface area contributed by atoms with Crippen LogP contribution in [-0.4, -0.2) is 59.9 Å². The van der Waals surface area contributed by atoms with Gasteiger partial charge in [-0.1, -0.05) is 19.3 Å². The summed E-state index contributed by atoms with van der Waals surface area (Å²) in [6.45, 7) is 2.39. The lowest BCUT2D eigenvalue weighted by molar-refractivity contribution is -0.122. The quantitative estimate of drug-likeness (QED) is 0.556. The number of anilines is 1. The molecule has 3 rings (SSSR count). The zero-order valence-electron chi connectivity index (χ0n) is 22.4. The fourth-order valence-electron chi connectivity index (χ4n) is 4.51. The van der Waals surface area contributed by atoms with E-state index >= 15 is 0 Å². The number of fused-ring (bicyclic) bond motifs is 1. The topological polar surface area (TPSA) is 98.4 Å². The number of ether oxygens (including phenoxy) is 4. The summed E-state index contributed by atoms with van der Waals surface area (Å²) in [5.41, 5.74) is 3.06. The van der Waals surface area contributed by atoms with Crippen molar-refractivity contribution in [3.8, 4) is 17.2 Å². The number of amides is 2. The lowest BCUT2D eigenvalue weighted by Crippen LogP contribution is -2.36. The summed E-state index contributed by atoms with van der Waals surface area (Å²) in [7, 11) is 6.19. The van der Waals surface area contributed by atoms with E-state index in [1.807, 2.05) is 24.3 Å². The van der Waals surface area contributed by atoms with Crippen LogP contribution in [0.2, 0.25) is 0 Å². The minimum absolute atomic E-state index is 0.0178. The van der Waals surface area contributed by atoms with E-state index in [4.69, 9.17) is 18.9 Å². The van der Waals surface area contributed by atoms with Crippen molar-refractivity contribution >= 4 is 17.5 Å². The molecule has 0 radical (unpaired) electrons. The third kappa shape index (κ3) is 7.60. The van der Waals surface area contributed by atoms with E-state index in [0.717, 1.165) is 55.5 Å². The summed E-state index contributed by atoms with van der Waals surface area (Å²) >= 11 is 0. The first-order chi connectivity index (χ1) is 18.0. The van der Waals surface area contributed by atoms with E-state index in [1.54, 1.807) is 32.3 Å². The second-order valence-corrected chi connectivity index (χ2v) is 8.98. The molecule has 9 heteroatoms. The van der Waals surface area contributed by atoms with Crippen LogP contribution in [0, 0.1) is 0 Å². The predicted octanol–water partition coefficient (Wildman–Crippen LogP) is 3.68. The van der Waals surface area contributed by atoms with Gasteiger partial charge in [-0.15, -0.1) is 0 Å². The molecule has 0 fully saturated rings. The Balaban J connectivity index is 1.82. The number of carbonyl (C=O) groups is 2. The van der Waals surface area contributed by atoms with Gasteiger partial charge in [0.2, 0.25) is 5.75 Å². The lowest BCUT2D eigenvalue weighted by atomic mass is 10.0. The largest absolute Gasteiger partial charge is 0.493 e. The summed E-state index contributed by atoms with van der Waals surface area (Å²) in [5, 5.41) is 6.44. The van der Waals surface area contributed by atoms with Crippen molar-refractivity contribution in [3.05, 3.63) is 47.0 Å². The predicted molar refractivity (Wildman–Crippen MR) is 143 cm³/mol. The van der Waals surface area contributed by atoms with Crippen molar-refractivity contribution < 1.29 is 28.5 Å². The van der Waals surface area contributed by atoms with Gasteiger partial charge in [0.15, 0.2) is 11.5 Å². The van der Waals surface area contributed by atoms with Gasteiger partial charge in [-0.3, -0.25) is 9.59 Å². The number of hydrogen-bond donors (Lipinski definition) is 2. The van der Waals surface area contributed by atoms with Crippen LogP contribution >= 0.6 is 0 Å². The highest BCUT2D eigenvalue weighted by Crippen LogP contribution is 2.38. The van der Waals surface area contributed by atoms with E-state index in [2.05, 4.69) is 10.6 Å². The SMILES string of the molecule is COCC(=O)N1CCCCCCCNCc2cc(C(=O)NCc3cc(OC)c(OC)c(OC)c3)ccc21. The van der Waals surface area contributed by atoms with E-state index in [9.17, 15) is 9.59 Å². The Morgan fingerprint density at radius 1 is 0.919 bits per heavy atom. The van der Waals surface area contributed by atoms with Gasteiger partial charge in [0.25, 0.3) is 11.8 Å². The summed E-state index contributed by atoms with van der Waals surface area (Å²) < 4.78 is 21.3. The third-order valence-electron chi connectivity index (χ3n) is 6.43. The Bertz CT molecular complexity index is 1030. The van der Waals surface area contributed by atoms with Crippen molar-refractivity contribution in [1.29, 1.82) is 0 Å². The van der Waals surface area contributed by atoms with Gasteiger partial charge < -0.3 is 34.5 Å². The summed E-state index contributed by atoms with van der Waals surface area (Å²) in [6, 6.07) is 9.12. The van der Waals surface area contributed by atoms with Gasteiger partial charge in [-0.2, -0.15) is 0 Å². The van der Waals surface area contributed by atoms with Crippen LogP contribution in [-0.2, 0) is 22.6 Å². The van der Waals surface area contributed by atoms with E-state index in [1.165, 1.54) is 7.11 Å². The van der Waals surface area contributed by atoms with Crippen LogP contribution in [0.5, 0.6) is 17.2 Å². The van der Waals surface area contributed by atoms with Gasteiger partial charge in [0.05, 0.1) is 21.3 Å². The fourth-order valence-corrected chi connectivity index (χ4v) is 4.51. The Labute approximate surface area is 219 Å². The second kappa shape index (κ2) is 14.4. The molecule has 1 heterocycles. The molecule has 0 atom stereocenters. The highest BCUT2D eigenvalue weighted by molar-refractivity contribution is 5.98. The minimum Gasteiger partial charge on any atom is -0.493 e. The number of methoxy groups -OCH3 is 4. The maximum absolute atomic E-state index is 13.1. The van der Waals surface area contributed by atoms with Crippen molar-refractivity contribution in [1.82, 2.24) is 10.6 Å². The molecular formula is C28H39N3O6. The molecule has 0 aromatic heterocycles. The molecule has 37 heavy (non-hydrogen) atoms. The van der Waals surface area contributed by atoms with Crippen molar-refractivity contribution in [3.63, 3.8) is 0 Å². The first-order valence-electron chi connectivity index (χ1n) is 12.7. The smallest absolute Gasteiger partial charge is 0.252 e. The van der Waals surface area contributed by atoms with Crippen LogP contribution in [0.15, 0.2) is 30.3 Å². The molecule has 2 aromatic rings. The molecule has 0 unspecified atom stereocenters. The number of benzene rings is 2. The van der Waals surface area contributed by atoms with Crippen LogP contribution in [0.1, 0.15) is 53.6 Å². The van der Waals surface area contributed by atoms with Crippen LogP contribution in [0.3, 0.4) is 0 Å². The van der Waals surface area contributed by atoms with Crippen LogP contribution in [0.4, 0.5) is 5.69 Å². The van der Waals surface area contributed by atoms with Crippen molar-refractivity contribution in [2.24, 2.45) is 0 Å². The van der Waals surface area contributed by atoms with E-state index < -0.39 is 0 Å². The van der Waals surface area contributed by atoms with Gasteiger partial charge >= 0.3 is 0 Å². The normalized spacial score (nSPS) is 14.5. The average molecular weight is 514 g/mol. The van der Waals surface area contributed by atoms with Gasteiger partial charge in [0, 0.05) is 38.0 Å². The number of nitrogens with zero attached hydrogens (tertiary/aromatic N) is 1. The first kappa shape index (κ1) is 28.3. The molecule has 2 amide bonds. The zero-order valence-corrected chi connectivity index (χ0v) is 22.4. The molecule has 0 spiro atoms. The highest BCUT2D eigenvalue weighted by atomic mass is 16.5. The number of hydrogen-bond acceptors (Lipinski definition) is 7. The number of nitrogens with one attached hydrogen (secondary N) is 2. The van der Waals surface area contributed by atoms with Crippen LogP contribution in [0.25, 0.3) is 0 Å². The van der Waals surface area contributed by atoms with E-state index in [0.29, 0.717) is 35.9 Å². The molecule has 9 nitrogen and oxygen atoms in total. The maximum atomic E-state index is 13.1. The van der Waals surface area contributed by atoms with Crippen molar-refractivity contribution in [2.45, 2.75) is 45.2 Å². The molecule has 1 aliphatic rings. The summed E-state index contributed by atoms with van der Waals surface area (Å²) in [4.78, 5) is 27.8.